The molecule has 1 fully saturated rings. The zero-order valence-corrected chi connectivity index (χ0v) is 31.9. The molecule has 0 aliphatic heterocycles. The second-order valence-corrected chi connectivity index (χ2v) is 16.1. The van der Waals surface area contributed by atoms with Crippen LogP contribution in [-0.4, -0.2) is 63.6 Å². The van der Waals surface area contributed by atoms with Crippen molar-refractivity contribution in [1.82, 2.24) is 15.4 Å². The first kappa shape index (κ1) is 37.0. The van der Waals surface area contributed by atoms with Crippen LogP contribution < -0.4 is 14.8 Å². The highest BCUT2D eigenvalue weighted by Crippen LogP contribution is 2.57. The van der Waals surface area contributed by atoms with Gasteiger partial charge in [0, 0.05) is 28.2 Å². The van der Waals surface area contributed by atoms with Crippen LogP contribution in [0.25, 0.3) is 5.76 Å². The van der Waals surface area contributed by atoms with Crippen molar-refractivity contribution >= 4 is 33.3 Å². The van der Waals surface area contributed by atoms with Gasteiger partial charge in [0.1, 0.15) is 36.1 Å². The summed E-state index contributed by atoms with van der Waals surface area (Å²) < 4.78 is 35.1. The molecule has 10 nitrogen and oxygen atoms in total. The molecular formula is C41H43BrFN3O7. The maximum absolute atomic E-state index is 16.8. The molecule has 0 bridgehead atoms. The molecule has 3 aromatic carbocycles. The number of hydrogen-bond donors (Lipinski definition) is 3. The van der Waals surface area contributed by atoms with Crippen molar-refractivity contribution in [2.75, 3.05) is 20.6 Å². The molecule has 0 saturated heterocycles. The van der Waals surface area contributed by atoms with E-state index in [4.69, 9.17) is 14.0 Å². The summed E-state index contributed by atoms with van der Waals surface area (Å²) in [7, 11) is 3.51. The van der Waals surface area contributed by atoms with Crippen LogP contribution in [0.2, 0.25) is 0 Å². The summed E-state index contributed by atoms with van der Waals surface area (Å²) in [6.45, 7) is 6.74. The summed E-state index contributed by atoms with van der Waals surface area (Å²) in [4.78, 5) is 31.0. The first-order valence-corrected chi connectivity index (χ1v) is 18.5. The van der Waals surface area contributed by atoms with E-state index in [1.165, 1.54) is 0 Å². The number of nitrogens with zero attached hydrogens (tertiary/aromatic N) is 2. The summed E-state index contributed by atoms with van der Waals surface area (Å²) in [6.07, 6.45) is 0.436. The number of aliphatic hydroxyl groups is 2. The standard InChI is InChI=1S/C41H43BrFN3O7/c1-40(2,3)44-17-16-25-31(42)35(51-20-22-12-8-6-9-13-22)29-26(32(25)43)18-24-19-27-33(46(4)5)36-30(38(49)41(27,50)37(48)28(24)34(29)47)39(45-53-36)52-21-23-14-10-7-11-15-23/h6-15,24,27,33,44,47,50H,16-21H2,1-5H3/t24-,27-,33-,41-/m0/s1. The number of carbonyl (C=O) groups excluding carboxylic acids is 2. The molecule has 7 rings (SSSR count). The summed E-state index contributed by atoms with van der Waals surface area (Å²) >= 11 is 3.60. The van der Waals surface area contributed by atoms with Gasteiger partial charge in [-0.3, -0.25) is 14.5 Å². The van der Waals surface area contributed by atoms with Crippen molar-refractivity contribution in [2.24, 2.45) is 11.8 Å². The number of carbonyl (C=O) groups is 2. The van der Waals surface area contributed by atoms with Gasteiger partial charge < -0.3 is 29.5 Å². The van der Waals surface area contributed by atoms with Crippen molar-refractivity contribution in [2.45, 2.75) is 70.4 Å². The highest BCUT2D eigenvalue weighted by molar-refractivity contribution is 9.10. The van der Waals surface area contributed by atoms with Crippen LogP contribution in [0.15, 0.2) is 75.2 Å². The second kappa shape index (κ2) is 14.1. The average molecular weight is 789 g/mol. The average Bonchev–Trinajstić information content (AvgIpc) is 3.54. The first-order chi connectivity index (χ1) is 25.2. The molecular weight excluding hydrogens is 745 g/mol. The molecule has 1 saturated carbocycles. The van der Waals surface area contributed by atoms with Gasteiger partial charge in [-0.25, -0.2) is 4.39 Å². The molecule has 3 aliphatic carbocycles. The number of fused-ring (bicyclic) bond motifs is 4. The van der Waals surface area contributed by atoms with Crippen molar-refractivity contribution < 1.29 is 38.2 Å². The lowest BCUT2D eigenvalue weighted by molar-refractivity contribution is -0.142. The van der Waals surface area contributed by atoms with Gasteiger partial charge in [-0.1, -0.05) is 60.7 Å². The van der Waals surface area contributed by atoms with Crippen LogP contribution >= 0.6 is 15.9 Å². The molecule has 0 radical (unpaired) electrons. The van der Waals surface area contributed by atoms with Crippen LogP contribution in [0.1, 0.15) is 77.2 Å². The molecule has 4 aromatic rings. The molecule has 3 aliphatic rings. The summed E-state index contributed by atoms with van der Waals surface area (Å²) in [5, 5.41) is 32.0. The van der Waals surface area contributed by atoms with Gasteiger partial charge in [-0.05, 0) is 98.8 Å². The van der Waals surface area contributed by atoms with Gasteiger partial charge >= 0.3 is 0 Å². The van der Waals surface area contributed by atoms with E-state index in [1.54, 1.807) is 19.0 Å². The lowest BCUT2D eigenvalue weighted by atomic mass is 9.57. The fourth-order valence-electron chi connectivity index (χ4n) is 8.00. The summed E-state index contributed by atoms with van der Waals surface area (Å²) in [6, 6.07) is 17.9. The Bertz CT molecular complexity index is 2090. The first-order valence-electron chi connectivity index (χ1n) is 17.7. The number of halogens is 2. The number of aliphatic hydroxyl groups excluding tert-OH is 1. The minimum Gasteiger partial charge on any atom is -0.507 e. The Hall–Kier alpha value is -4.36. The molecule has 4 atom stereocenters. The molecule has 12 heteroatoms. The SMILES string of the molecule is CN(C)[C@@H]1c2onc(OCc3ccccc3)c2C(=O)[C@@]2(O)C(=O)C3=C(O)c4c(c(F)c(CCNC(C)(C)C)c(Br)c4OCc4ccccc4)C[C@H]3C[C@@H]12. The zero-order valence-electron chi connectivity index (χ0n) is 30.3. The number of aromatic nitrogens is 1. The fraction of sp³-hybridized carbons (Fsp3) is 0.390. The van der Waals surface area contributed by atoms with Gasteiger partial charge in [0.25, 0.3) is 5.88 Å². The Morgan fingerprint density at radius 2 is 1.62 bits per heavy atom. The Morgan fingerprint density at radius 3 is 2.23 bits per heavy atom. The zero-order chi connectivity index (χ0) is 37.8. The smallest absolute Gasteiger partial charge is 0.265 e. The molecule has 0 spiro atoms. The van der Waals surface area contributed by atoms with E-state index < -0.39 is 46.6 Å². The normalized spacial score (nSPS) is 22.3. The summed E-state index contributed by atoms with van der Waals surface area (Å²) in [5.74, 6) is -4.36. The third-order valence-corrected chi connectivity index (χ3v) is 11.3. The van der Waals surface area contributed by atoms with E-state index in [2.05, 4.69) is 26.4 Å². The predicted molar refractivity (Wildman–Crippen MR) is 199 cm³/mol. The Balaban J connectivity index is 1.32. The Morgan fingerprint density at radius 1 is 1.00 bits per heavy atom. The van der Waals surface area contributed by atoms with Crippen LogP contribution in [-0.2, 0) is 30.8 Å². The van der Waals surface area contributed by atoms with E-state index >= 15 is 4.39 Å². The maximum Gasteiger partial charge on any atom is 0.265 e. The number of benzene rings is 3. The van der Waals surface area contributed by atoms with Gasteiger partial charge in [0.15, 0.2) is 11.4 Å². The number of Topliss-reactive ketones (excluding diaryl/α,β-unsaturated/α-hetero) is 2. The van der Waals surface area contributed by atoms with E-state index in [0.29, 0.717) is 23.0 Å². The minimum absolute atomic E-state index is 0.0319. The largest absolute Gasteiger partial charge is 0.507 e. The number of ether oxygens (including phenoxy) is 2. The number of hydrogen-bond acceptors (Lipinski definition) is 10. The quantitative estimate of drug-likeness (QED) is 0.145. The lowest BCUT2D eigenvalue weighted by Gasteiger charge is -2.49. The second-order valence-electron chi connectivity index (χ2n) is 15.3. The number of nitrogens with one attached hydrogen (secondary N) is 1. The fourth-order valence-corrected chi connectivity index (χ4v) is 8.69. The lowest BCUT2D eigenvalue weighted by Crippen LogP contribution is -2.63. The van der Waals surface area contributed by atoms with Gasteiger partial charge in [0.2, 0.25) is 11.6 Å². The Kier molecular flexibility index (Phi) is 9.86. The number of ketones is 2. The van der Waals surface area contributed by atoms with Crippen LogP contribution in [0.4, 0.5) is 4.39 Å². The van der Waals surface area contributed by atoms with E-state index in [0.717, 1.165) is 11.1 Å². The maximum atomic E-state index is 16.8. The van der Waals surface area contributed by atoms with Crippen LogP contribution in [0.3, 0.4) is 0 Å². The highest BCUT2D eigenvalue weighted by atomic mass is 79.9. The molecule has 278 valence electrons. The topological polar surface area (TPSA) is 134 Å². The minimum atomic E-state index is -2.59. The van der Waals surface area contributed by atoms with Gasteiger partial charge in [-0.15, -0.1) is 0 Å². The molecule has 1 heterocycles. The third-order valence-electron chi connectivity index (χ3n) is 10.5. The van der Waals surface area contributed by atoms with E-state index in [-0.39, 0.29) is 71.2 Å². The van der Waals surface area contributed by atoms with Crippen molar-refractivity contribution in [3.8, 4) is 11.6 Å². The molecule has 53 heavy (non-hydrogen) atoms. The summed E-state index contributed by atoms with van der Waals surface area (Å²) in [5.41, 5.74) is -0.742. The molecule has 0 amide bonds. The number of rotatable bonds is 10. The molecule has 0 unspecified atom stereocenters. The highest BCUT2D eigenvalue weighted by Gasteiger charge is 2.65. The Labute approximate surface area is 316 Å². The monoisotopic (exact) mass is 787 g/mol. The predicted octanol–water partition coefficient (Wildman–Crippen LogP) is 6.93. The van der Waals surface area contributed by atoms with Crippen LogP contribution in [0.5, 0.6) is 11.6 Å². The van der Waals surface area contributed by atoms with E-state index in [9.17, 15) is 19.8 Å². The van der Waals surface area contributed by atoms with Gasteiger partial charge in [0.05, 0.1) is 16.1 Å². The molecule has 1 aromatic heterocycles. The third kappa shape index (κ3) is 6.49. The van der Waals surface area contributed by atoms with Gasteiger partial charge in [-0.2, -0.15) is 0 Å². The van der Waals surface area contributed by atoms with Crippen LogP contribution in [0, 0.1) is 17.7 Å². The molecule has 3 N–H and O–H groups in total. The van der Waals surface area contributed by atoms with Crippen molar-refractivity contribution in [1.29, 1.82) is 0 Å². The van der Waals surface area contributed by atoms with E-state index in [1.807, 2.05) is 81.4 Å². The van der Waals surface area contributed by atoms with Crippen molar-refractivity contribution in [3.05, 3.63) is 116 Å². The van der Waals surface area contributed by atoms with Crippen molar-refractivity contribution in [3.63, 3.8) is 0 Å².